The zero-order valence-corrected chi connectivity index (χ0v) is 13.2. The van der Waals surface area contributed by atoms with Crippen LogP contribution in [-0.4, -0.2) is 47.9 Å². The average Bonchev–Trinajstić information content (AvgIpc) is 2.49. The maximum absolute atomic E-state index is 12.4. The fraction of sp³-hybridized carbons (Fsp3) is 0.500. The summed E-state index contributed by atoms with van der Waals surface area (Å²) in [6, 6.07) is 9.39. The Morgan fingerprint density at radius 2 is 2.00 bits per heavy atom. The Hall–Kier alpha value is -1.49. The highest BCUT2D eigenvalue weighted by molar-refractivity contribution is 7.98. The second-order valence-electron chi connectivity index (χ2n) is 5.27. The maximum Gasteiger partial charge on any atom is 0.245 e. The molecule has 1 aromatic carbocycles. The third-order valence-electron chi connectivity index (χ3n) is 3.59. The molecule has 1 heterocycles. The number of nitrogens with zero attached hydrogens (tertiary/aromatic N) is 1. The molecule has 2 amide bonds. The van der Waals surface area contributed by atoms with Gasteiger partial charge in [0.15, 0.2) is 0 Å². The van der Waals surface area contributed by atoms with Crippen molar-refractivity contribution in [3.05, 3.63) is 35.9 Å². The van der Waals surface area contributed by atoms with Crippen LogP contribution in [0.15, 0.2) is 30.3 Å². The number of unbranched alkanes of at least 4 members (excludes halogenated alkanes) is 1. The Morgan fingerprint density at radius 1 is 1.24 bits per heavy atom. The first-order valence-electron chi connectivity index (χ1n) is 7.31. The highest BCUT2D eigenvalue weighted by Gasteiger charge is 2.32. The zero-order chi connectivity index (χ0) is 15.1. The highest BCUT2D eigenvalue weighted by Crippen LogP contribution is 2.11. The number of hydrogen-bond donors (Lipinski definition) is 1. The Morgan fingerprint density at radius 3 is 2.71 bits per heavy atom. The number of rotatable bonds is 7. The van der Waals surface area contributed by atoms with Crippen molar-refractivity contribution in [2.75, 3.05) is 25.1 Å². The molecular weight excluding hydrogens is 284 g/mol. The molecule has 1 unspecified atom stereocenters. The van der Waals surface area contributed by atoms with Crippen LogP contribution in [0, 0.1) is 0 Å². The van der Waals surface area contributed by atoms with Gasteiger partial charge in [-0.05, 0) is 30.4 Å². The number of hydrogen-bond acceptors (Lipinski definition) is 3. The van der Waals surface area contributed by atoms with Gasteiger partial charge in [-0.15, -0.1) is 0 Å². The van der Waals surface area contributed by atoms with E-state index in [1.165, 1.54) is 0 Å². The van der Waals surface area contributed by atoms with Crippen molar-refractivity contribution in [3.63, 3.8) is 0 Å². The van der Waals surface area contributed by atoms with Crippen LogP contribution in [0.25, 0.3) is 0 Å². The second kappa shape index (κ2) is 8.08. The van der Waals surface area contributed by atoms with Crippen LogP contribution in [0.5, 0.6) is 0 Å². The Kier molecular flexibility index (Phi) is 6.11. The van der Waals surface area contributed by atoms with E-state index in [4.69, 9.17) is 0 Å². The minimum atomic E-state index is -0.422. The number of carbonyl (C=O) groups is 2. The molecule has 4 nitrogen and oxygen atoms in total. The number of benzene rings is 1. The standard InChI is InChI=1S/C16H22N2O2S/c1-21-10-6-5-9-18-12-15(19)17-14(16(18)20)11-13-7-3-2-4-8-13/h2-4,7-8,14H,5-6,9-12H2,1H3,(H,17,19). The topological polar surface area (TPSA) is 49.4 Å². The summed E-state index contributed by atoms with van der Waals surface area (Å²) in [6.45, 7) is 0.876. The van der Waals surface area contributed by atoms with Gasteiger partial charge >= 0.3 is 0 Å². The first kappa shape index (κ1) is 15.9. The maximum atomic E-state index is 12.4. The monoisotopic (exact) mass is 306 g/mol. The summed E-state index contributed by atoms with van der Waals surface area (Å²) in [5.41, 5.74) is 1.07. The van der Waals surface area contributed by atoms with Crippen LogP contribution in [0.1, 0.15) is 18.4 Å². The molecule has 114 valence electrons. The van der Waals surface area contributed by atoms with Crippen LogP contribution >= 0.6 is 11.8 Å². The lowest BCUT2D eigenvalue weighted by molar-refractivity contribution is -0.144. The van der Waals surface area contributed by atoms with Gasteiger partial charge in [0, 0.05) is 13.0 Å². The molecule has 0 spiro atoms. The predicted octanol–water partition coefficient (Wildman–Crippen LogP) is 1.70. The van der Waals surface area contributed by atoms with Crippen molar-refractivity contribution in [1.82, 2.24) is 10.2 Å². The first-order chi connectivity index (χ1) is 10.2. The lowest BCUT2D eigenvalue weighted by atomic mass is 10.0. The van der Waals surface area contributed by atoms with Gasteiger partial charge in [-0.2, -0.15) is 11.8 Å². The predicted molar refractivity (Wildman–Crippen MR) is 86.3 cm³/mol. The third-order valence-corrected chi connectivity index (χ3v) is 4.29. The lowest BCUT2D eigenvalue weighted by Gasteiger charge is -2.32. The van der Waals surface area contributed by atoms with Gasteiger partial charge < -0.3 is 10.2 Å². The molecule has 5 heteroatoms. The van der Waals surface area contributed by atoms with Crippen LogP contribution in [0.4, 0.5) is 0 Å². The van der Waals surface area contributed by atoms with Crippen LogP contribution < -0.4 is 5.32 Å². The average molecular weight is 306 g/mol. The second-order valence-corrected chi connectivity index (χ2v) is 6.26. The summed E-state index contributed by atoms with van der Waals surface area (Å²) in [5, 5.41) is 2.81. The Bertz CT molecular complexity index is 478. The molecule has 1 aliphatic rings. The van der Waals surface area contributed by atoms with Crippen LogP contribution in [-0.2, 0) is 16.0 Å². The van der Waals surface area contributed by atoms with Crippen LogP contribution in [0.2, 0.25) is 0 Å². The summed E-state index contributed by atoms with van der Waals surface area (Å²) in [5.74, 6) is 1.09. The van der Waals surface area contributed by atoms with Gasteiger partial charge in [-0.1, -0.05) is 30.3 Å². The summed E-state index contributed by atoms with van der Waals surface area (Å²) in [4.78, 5) is 25.9. The quantitative estimate of drug-likeness (QED) is 0.780. The van der Waals surface area contributed by atoms with E-state index in [0.717, 1.165) is 24.2 Å². The van der Waals surface area contributed by atoms with Crippen LogP contribution in [0.3, 0.4) is 0 Å². The molecule has 1 fully saturated rings. The molecule has 0 bridgehead atoms. The van der Waals surface area contributed by atoms with E-state index < -0.39 is 6.04 Å². The zero-order valence-electron chi connectivity index (χ0n) is 12.4. The normalized spacial score (nSPS) is 18.7. The highest BCUT2D eigenvalue weighted by atomic mass is 32.2. The van der Waals surface area contributed by atoms with E-state index >= 15 is 0 Å². The molecule has 1 aliphatic heterocycles. The number of carbonyl (C=O) groups excluding carboxylic acids is 2. The minimum Gasteiger partial charge on any atom is -0.342 e. The summed E-state index contributed by atoms with van der Waals surface area (Å²) in [6.07, 6.45) is 4.68. The minimum absolute atomic E-state index is 0.0441. The number of piperazine rings is 1. The molecule has 0 aliphatic carbocycles. The molecule has 1 N–H and O–H groups in total. The van der Waals surface area contributed by atoms with Crippen molar-refractivity contribution in [2.24, 2.45) is 0 Å². The molecular formula is C16H22N2O2S. The molecule has 1 aromatic rings. The fourth-order valence-electron chi connectivity index (χ4n) is 2.50. The molecule has 0 saturated carbocycles. The van der Waals surface area contributed by atoms with Gasteiger partial charge in [0.2, 0.25) is 11.8 Å². The van der Waals surface area contributed by atoms with Crippen molar-refractivity contribution in [1.29, 1.82) is 0 Å². The summed E-state index contributed by atoms with van der Waals surface area (Å²) in [7, 11) is 0. The van der Waals surface area contributed by atoms with E-state index in [-0.39, 0.29) is 18.4 Å². The van der Waals surface area contributed by atoms with E-state index in [1.54, 1.807) is 4.90 Å². The molecule has 0 radical (unpaired) electrons. The van der Waals surface area contributed by atoms with E-state index in [0.29, 0.717) is 13.0 Å². The summed E-state index contributed by atoms with van der Waals surface area (Å²) >= 11 is 1.81. The number of thioether (sulfide) groups is 1. The Balaban J connectivity index is 1.92. The Labute approximate surface area is 130 Å². The molecule has 21 heavy (non-hydrogen) atoms. The van der Waals surface area contributed by atoms with Crippen molar-refractivity contribution >= 4 is 23.6 Å². The van der Waals surface area contributed by atoms with E-state index in [9.17, 15) is 9.59 Å². The van der Waals surface area contributed by atoms with Crippen molar-refractivity contribution in [2.45, 2.75) is 25.3 Å². The smallest absolute Gasteiger partial charge is 0.245 e. The third kappa shape index (κ3) is 4.77. The molecule has 1 atom stereocenters. The van der Waals surface area contributed by atoms with E-state index in [1.807, 2.05) is 42.1 Å². The van der Waals surface area contributed by atoms with Crippen molar-refractivity contribution in [3.8, 4) is 0 Å². The van der Waals surface area contributed by atoms with Gasteiger partial charge in [0.1, 0.15) is 6.04 Å². The largest absolute Gasteiger partial charge is 0.342 e. The SMILES string of the molecule is CSCCCCN1CC(=O)NC(Cc2ccccc2)C1=O. The number of nitrogens with one attached hydrogen (secondary N) is 1. The van der Waals surface area contributed by atoms with Gasteiger partial charge in [0.05, 0.1) is 6.54 Å². The van der Waals surface area contributed by atoms with Gasteiger partial charge in [-0.3, -0.25) is 9.59 Å². The first-order valence-corrected chi connectivity index (χ1v) is 8.71. The molecule has 0 aromatic heterocycles. The van der Waals surface area contributed by atoms with Crippen molar-refractivity contribution < 1.29 is 9.59 Å². The lowest BCUT2D eigenvalue weighted by Crippen LogP contribution is -2.58. The number of amides is 2. The molecule has 2 rings (SSSR count). The summed E-state index contributed by atoms with van der Waals surface area (Å²) < 4.78 is 0. The fourth-order valence-corrected chi connectivity index (χ4v) is 2.99. The van der Waals surface area contributed by atoms with Gasteiger partial charge in [-0.25, -0.2) is 0 Å². The van der Waals surface area contributed by atoms with E-state index in [2.05, 4.69) is 11.6 Å². The van der Waals surface area contributed by atoms with Gasteiger partial charge in [0.25, 0.3) is 0 Å². The molecule has 1 saturated heterocycles.